The Morgan fingerprint density at radius 1 is 1.22 bits per heavy atom. The maximum Gasteiger partial charge on any atom is 0.305 e. The van der Waals surface area contributed by atoms with Gasteiger partial charge in [0.25, 0.3) is 0 Å². The van der Waals surface area contributed by atoms with Crippen LogP contribution in [-0.2, 0) is 20.3 Å². The number of methoxy groups -OCH3 is 1. The number of carbonyl (C=O) groups excluding carboxylic acids is 1. The van der Waals surface area contributed by atoms with E-state index in [1.165, 1.54) is 7.11 Å². The van der Waals surface area contributed by atoms with Gasteiger partial charge in [-0.1, -0.05) is 50.7 Å². The third-order valence-electron chi connectivity index (χ3n) is 4.05. The number of hydrogen-bond acceptors (Lipinski definition) is 3. The third-order valence-corrected chi connectivity index (χ3v) is 7.85. The minimum absolute atomic E-state index is 0.00785. The first kappa shape index (κ1) is 20.1. The Labute approximate surface area is 144 Å². The van der Waals surface area contributed by atoms with E-state index in [1.807, 2.05) is 31.2 Å². The average Bonchev–Trinajstić information content (AvgIpc) is 2.49. The van der Waals surface area contributed by atoms with Crippen molar-refractivity contribution in [2.75, 3.05) is 7.11 Å². The maximum absolute atomic E-state index is 13.2. The quantitative estimate of drug-likeness (QED) is 0.513. The van der Waals surface area contributed by atoms with Crippen LogP contribution in [-0.4, -0.2) is 30.6 Å². The number of esters is 1. The molecule has 23 heavy (non-hydrogen) atoms. The van der Waals surface area contributed by atoms with E-state index in [4.69, 9.17) is 4.74 Å². The summed E-state index contributed by atoms with van der Waals surface area (Å²) in [5.74, 6) is -0.116. The number of benzene rings is 1. The van der Waals surface area contributed by atoms with Crippen LogP contribution in [0.4, 0.5) is 0 Å². The topological polar surface area (TPSA) is 43.4 Å². The summed E-state index contributed by atoms with van der Waals surface area (Å²) in [7, 11) is -1.09. The molecule has 0 aliphatic carbocycles. The molecule has 1 unspecified atom stereocenters. The molecule has 0 radical (unpaired) electrons. The average molecular weight is 355 g/mol. The van der Waals surface area contributed by atoms with Gasteiger partial charge in [0.15, 0.2) is 0 Å². The second kappa shape index (κ2) is 8.78. The lowest BCUT2D eigenvalue weighted by molar-refractivity contribution is -0.141. The van der Waals surface area contributed by atoms with Gasteiger partial charge >= 0.3 is 5.97 Å². The number of hydrogen-bond donors (Lipinski definition) is 0. The highest BCUT2D eigenvalue weighted by Crippen LogP contribution is 2.30. The Kier molecular flexibility index (Phi) is 7.68. The van der Waals surface area contributed by atoms with Gasteiger partial charge in [0.2, 0.25) is 0 Å². The summed E-state index contributed by atoms with van der Waals surface area (Å²) in [6.45, 7) is 11.0. The maximum atomic E-state index is 13.2. The van der Waals surface area contributed by atoms with Crippen LogP contribution in [0.25, 0.3) is 0 Å². The number of ether oxygens (including phenoxy) is 1. The van der Waals surface area contributed by atoms with E-state index in [1.54, 1.807) is 0 Å². The summed E-state index contributed by atoms with van der Waals surface area (Å²) < 4.78 is 18.0. The number of rotatable bonds is 8. The second-order valence-corrected chi connectivity index (χ2v) is 14.6. The molecule has 5 heteroatoms. The van der Waals surface area contributed by atoms with Gasteiger partial charge in [0.05, 0.1) is 17.9 Å². The summed E-state index contributed by atoms with van der Waals surface area (Å²) >= 11 is 0. The molecule has 0 aromatic heterocycles. The largest absolute Gasteiger partial charge is 0.469 e. The molecule has 0 fully saturated rings. The monoisotopic (exact) mass is 354 g/mol. The minimum Gasteiger partial charge on any atom is -0.469 e. The van der Waals surface area contributed by atoms with E-state index < -0.39 is 18.9 Å². The van der Waals surface area contributed by atoms with Gasteiger partial charge in [-0.25, -0.2) is 0 Å². The summed E-state index contributed by atoms with van der Waals surface area (Å²) in [6, 6.07) is 8.85. The fourth-order valence-electron chi connectivity index (χ4n) is 2.70. The normalized spacial score (nSPS) is 15.7. The Morgan fingerprint density at radius 2 is 1.78 bits per heavy atom. The zero-order chi connectivity index (χ0) is 17.6. The van der Waals surface area contributed by atoms with Gasteiger partial charge in [-0.2, -0.15) is 0 Å². The van der Waals surface area contributed by atoms with Crippen LogP contribution in [0.5, 0.6) is 0 Å². The predicted molar refractivity (Wildman–Crippen MR) is 99.9 cm³/mol. The molecule has 0 bridgehead atoms. The summed E-state index contributed by atoms with van der Waals surface area (Å²) in [4.78, 5) is 12.6. The minimum atomic E-state index is -1.41. The lowest BCUT2D eigenvalue weighted by Crippen LogP contribution is -2.35. The van der Waals surface area contributed by atoms with Gasteiger partial charge in [0.1, 0.15) is 0 Å². The number of carbonyl (C=O) groups is 1. The standard InChI is InChI=1S/C18H30O3SSi/c1-7-15(12-18(19)21-3)17(13-23(4,5)6)22(20)16-10-8-14(2)9-11-16/h8-11,15,17H,7,12-13H2,1-6H3/t15-,17-,22?/m0/s1. The van der Waals surface area contributed by atoms with Gasteiger partial charge in [-0.3, -0.25) is 9.00 Å². The van der Waals surface area contributed by atoms with Crippen LogP contribution in [0.3, 0.4) is 0 Å². The Bertz CT molecular complexity index is 534. The molecule has 1 aromatic carbocycles. The van der Waals surface area contributed by atoms with Crippen molar-refractivity contribution in [1.29, 1.82) is 0 Å². The van der Waals surface area contributed by atoms with Crippen molar-refractivity contribution in [2.24, 2.45) is 5.92 Å². The summed E-state index contributed by atoms with van der Waals surface area (Å²) in [5, 5.41) is 0.00785. The molecule has 0 spiro atoms. The molecule has 0 heterocycles. The fourth-order valence-corrected chi connectivity index (χ4v) is 7.74. The summed E-state index contributed by atoms with van der Waals surface area (Å²) in [5.41, 5.74) is 1.16. The first-order chi connectivity index (χ1) is 10.7. The zero-order valence-electron chi connectivity index (χ0n) is 15.2. The molecular formula is C18H30O3SSi. The van der Waals surface area contributed by atoms with Crippen molar-refractivity contribution in [3.05, 3.63) is 29.8 Å². The van der Waals surface area contributed by atoms with E-state index in [0.717, 1.165) is 22.9 Å². The van der Waals surface area contributed by atoms with E-state index in [9.17, 15) is 9.00 Å². The van der Waals surface area contributed by atoms with Crippen LogP contribution in [0.2, 0.25) is 25.7 Å². The Balaban J connectivity index is 3.09. The smallest absolute Gasteiger partial charge is 0.305 e. The van der Waals surface area contributed by atoms with Crippen molar-refractivity contribution in [1.82, 2.24) is 0 Å². The van der Waals surface area contributed by atoms with Crippen molar-refractivity contribution in [3.8, 4) is 0 Å². The summed E-state index contributed by atoms with van der Waals surface area (Å²) in [6.07, 6.45) is 1.18. The van der Waals surface area contributed by atoms with Crippen LogP contribution in [0.15, 0.2) is 29.2 Å². The van der Waals surface area contributed by atoms with Crippen molar-refractivity contribution < 1.29 is 13.7 Å². The second-order valence-electron chi connectivity index (χ2n) is 7.36. The lowest BCUT2D eigenvalue weighted by atomic mass is 9.99. The van der Waals surface area contributed by atoms with E-state index >= 15 is 0 Å². The zero-order valence-corrected chi connectivity index (χ0v) is 17.0. The first-order valence-corrected chi connectivity index (χ1v) is 13.1. The highest BCUT2D eigenvalue weighted by Gasteiger charge is 2.33. The number of aryl methyl sites for hydroxylation is 1. The van der Waals surface area contributed by atoms with Crippen LogP contribution in [0, 0.1) is 12.8 Å². The first-order valence-electron chi connectivity index (χ1n) is 8.22. The molecule has 0 aliphatic rings. The third kappa shape index (κ3) is 6.59. The van der Waals surface area contributed by atoms with Crippen molar-refractivity contribution in [3.63, 3.8) is 0 Å². The van der Waals surface area contributed by atoms with E-state index in [-0.39, 0.29) is 17.1 Å². The highest BCUT2D eigenvalue weighted by atomic mass is 32.2. The Morgan fingerprint density at radius 3 is 2.22 bits per heavy atom. The molecule has 0 saturated carbocycles. The fraction of sp³-hybridized carbons (Fsp3) is 0.611. The van der Waals surface area contributed by atoms with E-state index in [2.05, 4.69) is 26.6 Å². The molecule has 3 nitrogen and oxygen atoms in total. The van der Waals surface area contributed by atoms with Crippen molar-refractivity contribution >= 4 is 24.8 Å². The molecule has 1 aromatic rings. The molecular weight excluding hydrogens is 324 g/mol. The molecule has 0 amide bonds. The van der Waals surface area contributed by atoms with Gasteiger partial charge in [0, 0.05) is 24.6 Å². The molecule has 130 valence electrons. The predicted octanol–water partition coefficient (Wildman–Crippen LogP) is 4.40. The lowest BCUT2D eigenvalue weighted by Gasteiger charge is -2.30. The van der Waals surface area contributed by atoms with Gasteiger partial charge in [-0.15, -0.1) is 0 Å². The van der Waals surface area contributed by atoms with Crippen molar-refractivity contribution in [2.45, 2.75) is 62.5 Å². The SMILES string of the molecule is CC[C@@H](CC(=O)OC)[C@H](C[Si](C)(C)C)S(=O)c1ccc(C)cc1. The molecule has 3 atom stereocenters. The van der Waals surface area contributed by atoms with Gasteiger partial charge in [-0.05, 0) is 31.0 Å². The van der Waals surface area contributed by atoms with Crippen LogP contribution >= 0.6 is 0 Å². The molecule has 0 saturated heterocycles. The van der Waals surface area contributed by atoms with Crippen LogP contribution < -0.4 is 0 Å². The molecule has 0 aliphatic heterocycles. The molecule has 0 N–H and O–H groups in total. The van der Waals surface area contributed by atoms with E-state index in [0.29, 0.717) is 6.42 Å². The van der Waals surface area contributed by atoms with Gasteiger partial charge < -0.3 is 4.74 Å². The van der Waals surface area contributed by atoms with Crippen LogP contribution in [0.1, 0.15) is 25.3 Å². The Hall–Kier alpha value is -0.943. The molecule has 1 rings (SSSR count). The highest BCUT2D eigenvalue weighted by molar-refractivity contribution is 7.85.